The zero-order valence-corrected chi connectivity index (χ0v) is 18.1. The molecule has 0 spiro atoms. The molecule has 1 aliphatic heterocycles. The van der Waals surface area contributed by atoms with Gasteiger partial charge in [0, 0.05) is 23.0 Å². The van der Waals surface area contributed by atoms with Gasteiger partial charge in [-0.05, 0) is 74.2 Å². The van der Waals surface area contributed by atoms with Gasteiger partial charge in [0.25, 0.3) is 5.91 Å². The lowest BCUT2D eigenvalue weighted by Crippen LogP contribution is -2.34. The van der Waals surface area contributed by atoms with Gasteiger partial charge in [0.1, 0.15) is 11.1 Å². The molecule has 3 aromatic rings. The first kappa shape index (κ1) is 19.9. The molecule has 1 atom stereocenters. The summed E-state index contributed by atoms with van der Waals surface area (Å²) < 4.78 is 12.6. The van der Waals surface area contributed by atoms with Crippen LogP contribution in [0.1, 0.15) is 34.3 Å². The SMILES string of the molecule is Cc1ccc(N=c2oc3ccc(Br)cc3cc2C(=O)NC[C@@H]2CCCO2)cc1C. The van der Waals surface area contributed by atoms with Crippen molar-refractivity contribution in [3.05, 3.63) is 69.2 Å². The summed E-state index contributed by atoms with van der Waals surface area (Å²) in [6.07, 6.45) is 2.08. The van der Waals surface area contributed by atoms with Crippen LogP contribution < -0.4 is 10.9 Å². The Morgan fingerprint density at radius 2 is 2.03 bits per heavy atom. The molecule has 2 aromatic carbocycles. The number of benzene rings is 2. The number of amides is 1. The van der Waals surface area contributed by atoms with Crippen LogP contribution in [0.25, 0.3) is 11.0 Å². The molecule has 0 unspecified atom stereocenters. The van der Waals surface area contributed by atoms with E-state index in [4.69, 9.17) is 9.15 Å². The molecule has 2 heterocycles. The van der Waals surface area contributed by atoms with Gasteiger partial charge in [-0.1, -0.05) is 22.0 Å². The zero-order valence-electron chi connectivity index (χ0n) is 16.5. The number of nitrogens with one attached hydrogen (secondary N) is 1. The highest BCUT2D eigenvalue weighted by Crippen LogP contribution is 2.21. The van der Waals surface area contributed by atoms with E-state index in [1.54, 1.807) is 0 Å². The second kappa shape index (κ2) is 8.51. The number of carbonyl (C=O) groups excluding carboxylic acids is 1. The zero-order chi connectivity index (χ0) is 20.4. The van der Waals surface area contributed by atoms with Gasteiger partial charge in [0.15, 0.2) is 0 Å². The van der Waals surface area contributed by atoms with Crippen molar-refractivity contribution in [1.82, 2.24) is 5.32 Å². The van der Waals surface area contributed by atoms with Gasteiger partial charge in [-0.15, -0.1) is 0 Å². The molecule has 1 saturated heterocycles. The van der Waals surface area contributed by atoms with E-state index in [2.05, 4.69) is 33.2 Å². The third kappa shape index (κ3) is 4.60. The average Bonchev–Trinajstić information content (AvgIpc) is 3.22. The molecular weight excluding hydrogens is 432 g/mol. The summed E-state index contributed by atoms with van der Waals surface area (Å²) in [5, 5.41) is 3.81. The average molecular weight is 455 g/mol. The summed E-state index contributed by atoms with van der Waals surface area (Å²) in [7, 11) is 0. The van der Waals surface area contributed by atoms with E-state index in [9.17, 15) is 4.79 Å². The Kier molecular flexibility index (Phi) is 5.83. The normalized spacial score (nSPS) is 17.1. The molecule has 1 aromatic heterocycles. The van der Waals surface area contributed by atoms with E-state index in [1.165, 1.54) is 5.56 Å². The molecule has 0 aliphatic carbocycles. The minimum Gasteiger partial charge on any atom is -0.438 e. The maximum atomic E-state index is 13.0. The molecule has 1 N–H and O–H groups in total. The van der Waals surface area contributed by atoms with Crippen molar-refractivity contribution in [3.63, 3.8) is 0 Å². The Labute approximate surface area is 177 Å². The van der Waals surface area contributed by atoms with Crippen LogP contribution in [0.3, 0.4) is 0 Å². The van der Waals surface area contributed by atoms with Gasteiger partial charge >= 0.3 is 0 Å². The lowest BCUT2D eigenvalue weighted by molar-refractivity contribution is 0.0854. The molecule has 1 aliphatic rings. The number of ether oxygens (including phenoxy) is 1. The van der Waals surface area contributed by atoms with Crippen LogP contribution in [0.15, 0.2) is 56.3 Å². The van der Waals surface area contributed by atoms with Gasteiger partial charge in [-0.25, -0.2) is 4.99 Å². The highest BCUT2D eigenvalue weighted by molar-refractivity contribution is 9.10. The minimum absolute atomic E-state index is 0.0747. The van der Waals surface area contributed by atoms with Gasteiger partial charge < -0.3 is 14.5 Å². The fraction of sp³-hybridized carbons (Fsp3) is 0.304. The Bertz CT molecular complexity index is 1130. The molecule has 5 nitrogen and oxygen atoms in total. The molecule has 0 bridgehead atoms. The van der Waals surface area contributed by atoms with E-state index in [-0.39, 0.29) is 12.0 Å². The van der Waals surface area contributed by atoms with E-state index in [1.807, 2.05) is 49.4 Å². The van der Waals surface area contributed by atoms with E-state index >= 15 is 0 Å². The van der Waals surface area contributed by atoms with Crippen LogP contribution in [0.4, 0.5) is 5.69 Å². The number of hydrogen-bond acceptors (Lipinski definition) is 4. The second-order valence-corrected chi connectivity index (χ2v) is 8.29. The van der Waals surface area contributed by atoms with Crippen LogP contribution >= 0.6 is 15.9 Å². The molecular formula is C23H23BrN2O3. The fourth-order valence-electron chi connectivity index (χ4n) is 3.37. The minimum atomic E-state index is -0.214. The van der Waals surface area contributed by atoms with Crippen molar-refractivity contribution < 1.29 is 13.9 Å². The van der Waals surface area contributed by atoms with Gasteiger partial charge in [0.05, 0.1) is 11.8 Å². The fourth-order valence-corrected chi connectivity index (χ4v) is 3.75. The number of nitrogens with zero attached hydrogens (tertiary/aromatic N) is 1. The van der Waals surface area contributed by atoms with Crippen LogP contribution in [0, 0.1) is 13.8 Å². The number of fused-ring (bicyclic) bond motifs is 1. The molecule has 1 amide bonds. The van der Waals surface area contributed by atoms with Crippen molar-refractivity contribution in [2.24, 2.45) is 4.99 Å². The monoisotopic (exact) mass is 454 g/mol. The molecule has 1 fully saturated rings. The smallest absolute Gasteiger partial charge is 0.256 e. The Morgan fingerprint density at radius 1 is 1.17 bits per heavy atom. The summed E-state index contributed by atoms with van der Waals surface area (Å²) in [6, 6.07) is 13.5. The summed E-state index contributed by atoms with van der Waals surface area (Å²) >= 11 is 3.47. The number of aryl methyl sites for hydroxylation is 2. The highest BCUT2D eigenvalue weighted by Gasteiger charge is 2.18. The third-order valence-corrected chi connectivity index (χ3v) is 5.68. The first-order valence-electron chi connectivity index (χ1n) is 9.75. The van der Waals surface area contributed by atoms with Crippen molar-refractivity contribution in [3.8, 4) is 0 Å². The first-order chi connectivity index (χ1) is 14.0. The van der Waals surface area contributed by atoms with Crippen LogP contribution in [0.5, 0.6) is 0 Å². The van der Waals surface area contributed by atoms with Gasteiger partial charge in [0.2, 0.25) is 5.55 Å². The first-order valence-corrected chi connectivity index (χ1v) is 10.5. The third-order valence-electron chi connectivity index (χ3n) is 5.19. The number of halogens is 1. The molecule has 150 valence electrons. The van der Waals surface area contributed by atoms with Gasteiger partial charge in [-0.2, -0.15) is 0 Å². The second-order valence-electron chi connectivity index (χ2n) is 7.37. The van der Waals surface area contributed by atoms with Crippen molar-refractivity contribution in [1.29, 1.82) is 0 Å². The lowest BCUT2D eigenvalue weighted by atomic mass is 10.1. The number of carbonyl (C=O) groups is 1. The standard InChI is InChI=1S/C23H23BrN2O3/c1-14-5-7-18(10-15(14)2)26-23-20(22(27)25-13-19-4-3-9-28-19)12-16-11-17(24)6-8-21(16)29-23/h5-8,10-12,19H,3-4,9,13H2,1-2H3,(H,25,27)/t19-/m0/s1. The molecule has 4 rings (SSSR count). The quantitative estimate of drug-likeness (QED) is 0.606. The molecule has 6 heteroatoms. The Balaban J connectivity index is 1.76. The van der Waals surface area contributed by atoms with Gasteiger partial charge in [-0.3, -0.25) is 4.79 Å². The Hall–Kier alpha value is -2.44. The summed E-state index contributed by atoms with van der Waals surface area (Å²) in [4.78, 5) is 17.6. The molecule has 29 heavy (non-hydrogen) atoms. The number of rotatable bonds is 4. The van der Waals surface area contributed by atoms with Crippen LogP contribution in [-0.2, 0) is 4.74 Å². The van der Waals surface area contributed by atoms with Crippen LogP contribution in [-0.4, -0.2) is 25.2 Å². The van der Waals surface area contributed by atoms with E-state index in [0.717, 1.165) is 40.6 Å². The molecule has 0 radical (unpaired) electrons. The predicted molar refractivity (Wildman–Crippen MR) is 116 cm³/mol. The summed E-state index contributed by atoms with van der Waals surface area (Å²) in [6.45, 7) is 5.34. The lowest BCUT2D eigenvalue weighted by Gasteiger charge is -2.11. The summed E-state index contributed by atoms with van der Waals surface area (Å²) in [5.74, 6) is -0.214. The largest absolute Gasteiger partial charge is 0.438 e. The van der Waals surface area contributed by atoms with Crippen molar-refractivity contribution in [2.45, 2.75) is 32.8 Å². The topological polar surface area (TPSA) is 63.8 Å². The van der Waals surface area contributed by atoms with E-state index in [0.29, 0.717) is 23.2 Å². The highest BCUT2D eigenvalue weighted by atomic mass is 79.9. The maximum absolute atomic E-state index is 13.0. The van der Waals surface area contributed by atoms with Crippen molar-refractivity contribution >= 4 is 38.5 Å². The van der Waals surface area contributed by atoms with E-state index < -0.39 is 0 Å². The maximum Gasteiger partial charge on any atom is 0.256 e. The summed E-state index contributed by atoms with van der Waals surface area (Å²) in [5.41, 5.74) is 4.46. The number of hydrogen-bond donors (Lipinski definition) is 1. The molecule has 0 saturated carbocycles. The Morgan fingerprint density at radius 3 is 2.79 bits per heavy atom. The van der Waals surface area contributed by atoms with Crippen molar-refractivity contribution in [2.75, 3.05) is 13.2 Å². The van der Waals surface area contributed by atoms with Crippen LogP contribution in [0.2, 0.25) is 0 Å². The predicted octanol–water partition coefficient (Wildman–Crippen LogP) is 4.95.